The van der Waals surface area contributed by atoms with E-state index in [9.17, 15) is 0 Å². The lowest BCUT2D eigenvalue weighted by molar-refractivity contribution is 0.537. The van der Waals surface area contributed by atoms with E-state index in [0.717, 1.165) is 13.0 Å². The third-order valence-electron chi connectivity index (χ3n) is 2.98. The topological polar surface area (TPSA) is 12.0 Å². The molecule has 0 aliphatic carbocycles. The lowest BCUT2D eigenvalue weighted by atomic mass is 9.99. The molecule has 1 heteroatoms. The fourth-order valence-corrected chi connectivity index (χ4v) is 1.80. The van der Waals surface area contributed by atoms with Crippen molar-refractivity contribution in [2.45, 2.75) is 39.7 Å². The van der Waals surface area contributed by atoms with Crippen LogP contribution in [0.1, 0.15) is 42.5 Å². The summed E-state index contributed by atoms with van der Waals surface area (Å²) in [7, 11) is 0. The van der Waals surface area contributed by atoms with Crippen LogP contribution in [0.4, 0.5) is 0 Å². The molecule has 88 valence electrons. The molecule has 1 aromatic carbocycles. The van der Waals surface area contributed by atoms with Crippen molar-refractivity contribution in [2.75, 3.05) is 6.54 Å². The van der Waals surface area contributed by atoms with E-state index in [1.165, 1.54) is 23.1 Å². The second-order valence-electron chi connectivity index (χ2n) is 4.37. The molecule has 1 nitrogen and oxygen atoms in total. The maximum atomic E-state index is 3.83. The standard InChI is InChI=1S/C15H23N/c1-5-7-15(16-10-6-2)14-9-8-12(3)13(4)11-14/h5,8-9,11,15-16H,1,6-7,10H2,2-4H3. The highest BCUT2D eigenvalue weighted by molar-refractivity contribution is 5.32. The van der Waals surface area contributed by atoms with E-state index in [1.807, 2.05) is 6.08 Å². The Kier molecular flexibility index (Phi) is 5.27. The summed E-state index contributed by atoms with van der Waals surface area (Å²) >= 11 is 0. The quantitative estimate of drug-likeness (QED) is 0.712. The molecule has 0 saturated heterocycles. The second-order valence-corrected chi connectivity index (χ2v) is 4.37. The molecule has 0 amide bonds. The van der Waals surface area contributed by atoms with Crippen molar-refractivity contribution in [2.24, 2.45) is 0 Å². The van der Waals surface area contributed by atoms with Gasteiger partial charge in [0, 0.05) is 6.04 Å². The average Bonchev–Trinajstić information content (AvgIpc) is 2.28. The normalized spacial score (nSPS) is 12.4. The monoisotopic (exact) mass is 217 g/mol. The highest BCUT2D eigenvalue weighted by Gasteiger charge is 2.09. The number of hydrogen-bond donors (Lipinski definition) is 1. The summed E-state index contributed by atoms with van der Waals surface area (Å²) in [4.78, 5) is 0. The third kappa shape index (κ3) is 3.49. The molecule has 0 heterocycles. The van der Waals surface area contributed by atoms with Crippen molar-refractivity contribution in [1.82, 2.24) is 5.32 Å². The van der Waals surface area contributed by atoms with Gasteiger partial charge in [-0.05, 0) is 49.9 Å². The summed E-state index contributed by atoms with van der Waals surface area (Å²) in [5.41, 5.74) is 4.10. The largest absolute Gasteiger partial charge is 0.310 e. The minimum absolute atomic E-state index is 0.414. The predicted octanol–water partition coefficient (Wildman–Crippen LogP) is 3.92. The van der Waals surface area contributed by atoms with Crippen LogP contribution in [-0.4, -0.2) is 6.54 Å². The van der Waals surface area contributed by atoms with Crippen molar-refractivity contribution in [3.05, 3.63) is 47.5 Å². The van der Waals surface area contributed by atoms with E-state index in [1.54, 1.807) is 0 Å². The number of nitrogens with one attached hydrogen (secondary N) is 1. The first-order valence-electron chi connectivity index (χ1n) is 6.10. The van der Waals surface area contributed by atoms with E-state index in [0.29, 0.717) is 6.04 Å². The molecule has 0 aliphatic rings. The highest BCUT2D eigenvalue weighted by atomic mass is 14.9. The van der Waals surface area contributed by atoms with Crippen LogP contribution in [0, 0.1) is 13.8 Å². The Balaban J connectivity index is 2.82. The van der Waals surface area contributed by atoms with Crippen molar-refractivity contribution >= 4 is 0 Å². The summed E-state index contributed by atoms with van der Waals surface area (Å²) in [5.74, 6) is 0. The highest BCUT2D eigenvalue weighted by Crippen LogP contribution is 2.20. The first-order chi connectivity index (χ1) is 7.69. The van der Waals surface area contributed by atoms with Gasteiger partial charge in [-0.15, -0.1) is 6.58 Å². The Bertz CT molecular complexity index is 341. The summed E-state index contributed by atoms with van der Waals surface area (Å²) < 4.78 is 0. The van der Waals surface area contributed by atoms with E-state index in [4.69, 9.17) is 0 Å². The lowest BCUT2D eigenvalue weighted by Gasteiger charge is -2.18. The fourth-order valence-electron chi connectivity index (χ4n) is 1.80. The Morgan fingerprint density at radius 1 is 1.31 bits per heavy atom. The molecule has 0 aromatic heterocycles. The molecule has 1 aromatic rings. The number of hydrogen-bond acceptors (Lipinski definition) is 1. The van der Waals surface area contributed by atoms with Crippen LogP contribution in [-0.2, 0) is 0 Å². The first-order valence-corrected chi connectivity index (χ1v) is 6.10. The second kappa shape index (κ2) is 6.49. The maximum Gasteiger partial charge on any atom is 0.0354 e. The van der Waals surface area contributed by atoms with Gasteiger partial charge in [0.05, 0.1) is 0 Å². The van der Waals surface area contributed by atoms with Gasteiger partial charge in [0.2, 0.25) is 0 Å². The number of aryl methyl sites for hydroxylation is 2. The summed E-state index contributed by atoms with van der Waals surface area (Å²) in [6.45, 7) is 11.4. The minimum atomic E-state index is 0.414. The maximum absolute atomic E-state index is 3.83. The average molecular weight is 217 g/mol. The zero-order valence-corrected chi connectivity index (χ0v) is 10.7. The molecule has 0 fully saturated rings. The summed E-state index contributed by atoms with van der Waals surface area (Å²) in [6.07, 6.45) is 4.14. The van der Waals surface area contributed by atoms with Gasteiger partial charge in [-0.1, -0.05) is 31.2 Å². The Labute approximate surface area is 99.6 Å². The summed E-state index contributed by atoms with van der Waals surface area (Å²) in [5, 5.41) is 3.56. The van der Waals surface area contributed by atoms with Crippen LogP contribution in [0.25, 0.3) is 0 Å². The van der Waals surface area contributed by atoms with Gasteiger partial charge in [-0.3, -0.25) is 0 Å². The van der Waals surface area contributed by atoms with Crippen LogP contribution in [0.3, 0.4) is 0 Å². The van der Waals surface area contributed by atoms with Gasteiger partial charge in [0.1, 0.15) is 0 Å². The van der Waals surface area contributed by atoms with Crippen LogP contribution in [0.2, 0.25) is 0 Å². The molecular formula is C15H23N. The van der Waals surface area contributed by atoms with Crippen LogP contribution >= 0.6 is 0 Å². The van der Waals surface area contributed by atoms with Crippen molar-refractivity contribution in [3.8, 4) is 0 Å². The smallest absolute Gasteiger partial charge is 0.0354 e. The Morgan fingerprint density at radius 3 is 2.62 bits per heavy atom. The summed E-state index contributed by atoms with van der Waals surface area (Å²) in [6, 6.07) is 7.12. The zero-order chi connectivity index (χ0) is 12.0. The Hall–Kier alpha value is -1.08. The SMILES string of the molecule is C=CCC(NCCC)c1ccc(C)c(C)c1. The minimum Gasteiger partial charge on any atom is -0.310 e. The van der Waals surface area contributed by atoms with E-state index < -0.39 is 0 Å². The van der Waals surface area contributed by atoms with Crippen molar-refractivity contribution < 1.29 is 0 Å². The molecule has 16 heavy (non-hydrogen) atoms. The molecule has 1 unspecified atom stereocenters. The molecule has 1 N–H and O–H groups in total. The van der Waals surface area contributed by atoms with Gasteiger partial charge in [-0.2, -0.15) is 0 Å². The van der Waals surface area contributed by atoms with E-state index in [2.05, 4.69) is 50.9 Å². The zero-order valence-electron chi connectivity index (χ0n) is 10.7. The van der Waals surface area contributed by atoms with Gasteiger partial charge < -0.3 is 5.32 Å². The molecule has 0 saturated carbocycles. The van der Waals surface area contributed by atoms with Gasteiger partial charge >= 0.3 is 0 Å². The van der Waals surface area contributed by atoms with E-state index in [-0.39, 0.29) is 0 Å². The fraction of sp³-hybridized carbons (Fsp3) is 0.467. The lowest BCUT2D eigenvalue weighted by Crippen LogP contribution is -2.21. The van der Waals surface area contributed by atoms with Crippen LogP contribution in [0.15, 0.2) is 30.9 Å². The van der Waals surface area contributed by atoms with E-state index >= 15 is 0 Å². The molecule has 1 rings (SSSR count). The van der Waals surface area contributed by atoms with Crippen LogP contribution < -0.4 is 5.32 Å². The van der Waals surface area contributed by atoms with Crippen molar-refractivity contribution in [3.63, 3.8) is 0 Å². The third-order valence-corrected chi connectivity index (χ3v) is 2.98. The van der Waals surface area contributed by atoms with Gasteiger partial charge in [0.25, 0.3) is 0 Å². The molecule has 0 radical (unpaired) electrons. The van der Waals surface area contributed by atoms with Crippen LogP contribution in [0.5, 0.6) is 0 Å². The molecule has 0 aliphatic heterocycles. The van der Waals surface area contributed by atoms with Gasteiger partial charge in [-0.25, -0.2) is 0 Å². The molecule has 0 bridgehead atoms. The number of benzene rings is 1. The first kappa shape index (κ1) is 13.0. The van der Waals surface area contributed by atoms with Crippen molar-refractivity contribution in [1.29, 1.82) is 0 Å². The molecule has 0 spiro atoms. The molecular weight excluding hydrogens is 194 g/mol. The molecule has 1 atom stereocenters. The predicted molar refractivity (Wildman–Crippen MR) is 71.8 cm³/mol. The number of rotatable bonds is 6. The Morgan fingerprint density at radius 2 is 2.06 bits per heavy atom. The van der Waals surface area contributed by atoms with Gasteiger partial charge in [0.15, 0.2) is 0 Å².